The first kappa shape index (κ1) is 21.7. The number of primary amides is 1. The van der Waals surface area contributed by atoms with E-state index in [0.29, 0.717) is 5.69 Å². The second kappa shape index (κ2) is 9.21. The van der Waals surface area contributed by atoms with Crippen molar-refractivity contribution in [1.29, 1.82) is 0 Å². The maximum Gasteiger partial charge on any atom is 0.255 e. The van der Waals surface area contributed by atoms with Crippen molar-refractivity contribution >= 4 is 17.5 Å². The number of aromatic nitrogens is 2. The van der Waals surface area contributed by atoms with E-state index < -0.39 is 5.91 Å². The summed E-state index contributed by atoms with van der Waals surface area (Å²) in [6, 6.07) is 12.3. The standard InChI is InChI=1S/C22H24N4O5/c1-13-8-14(2)26(25-13)17-7-5-6-16(11-17)24-22(28)15-9-18(29-3)21(19(10-15)30-4)31-12-20(23)27/h5-11H,12H2,1-4H3,(H2,23,27)(H,24,28). The molecule has 1 aromatic heterocycles. The Kier molecular flexibility index (Phi) is 6.44. The van der Waals surface area contributed by atoms with E-state index in [1.165, 1.54) is 26.4 Å². The molecule has 2 amide bonds. The van der Waals surface area contributed by atoms with Crippen molar-refractivity contribution in [3.63, 3.8) is 0 Å². The summed E-state index contributed by atoms with van der Waals surface area (Å²) in [5.41, 5.74) is 8.75. The summed E-state index contributed by atoms with van der Waals surface area (Å²) >= 11 is 0. The maximum absolute atomic E-state index is 12.9. The van der Waals surface area contributed by atoms with Gasteiger partial charge >= 0.3 is 0 Å². The number of nitrogens with zero attached hydrogens (tertiary/aromatic N) is 2. The number of aryl methyl sites for hydroxylation is 2. The predicted molar refractivity (Wildman–Crippen MR) is 115 cm³/mol. The minimum Gasteiger partial charge on any atom is -0.493 e. The molecule has 9 nitrogen and oxygen atoms in total. The van der Waals surface area contributed by atoms with Crippen LogP contribution in [-0.2, 0) is 4.79 Å². The fourth-order valence-corrected chi connectivity index (χ4v) is 3.11. The zero-order valence-corrected chi connectivity index (χ0v) is 17.8. The first-order valence-electron chi connectivity index (χ1n) is 9.44. The summed E-state index contributed by atoms with van der Waals surface area (Å²) in [5.74, 6) is -0.354. The highest BCUT2D eigenvalue weighted by molar-refractivity contribution is 6.05. The second-order valence-electron chi connectivity index (χ2n) is 6.81. The zero-order valence-electron chi connectivity index (χ0n) is 17.8. The molecule has 0 aliphatic heterocycles. The molecule has 1 heterocycles. The number of carbonyl (C=O) groups is 2. The number of carbonyl (C=O) groups excluding carboxylic acids is 2. The van der Waals surface area contributed by atoms with Crippen LogP contribution < -0.4 is 25.3 Å². The molecular formula is C22H24N4O5. The monoisotopic (exact) mass is 424 g/mol. The van der Waals surface area contributed by atoms with Crippen LogP contribution in [0.2, 0.25) is 0 Å². The molecule has 162 valence electrons. The fourth-order valence-electron chi connectivity index (χ4n) is 3.11. The third-order valence-corrected chi connectivity index (χ3v) is 4.44. The van der Waals surface area contributed by atoms with Crippen molar-refractivity contribution in [2.24, 2.45) is 5.73 Å². The Morgan fingerprint density at radius 1 is 1.06 bits per heavy atom. The number of hydrogen-bond donors (Lipinski definition) is 2. The SMILES string of the molecule is COc1cc(C(=O)Nc2cccc(-n3nc(C)cc3C)c2)cc(OC)c1OCC(N)=O. The van der Waals surface area contributed by atoms with Gasteiger partial charge in [0.1, 0.15) is 0 Å². The Labute approximate surface area is 179 Å². The first-order chi connectivity index (χ1) is 14.8. The smallest absolute Gasteiger partial charge is 0.255 e. The minimum absolute atomic E-state index is 0.187. The van der Waals surface area contributed by atoms with Gasteiger partial charge in [0.05, 0.1) is 25.6 Å². The Hall–Kier alpha value is -4.01. The molecule has 0 bridgehead atoms. The number of ether oxygens (including phenoxy) is 3. The van der Waals surface area contributed by atoms with E-state index in [2.05, 4.69) is 10.4 Å². The van der Waals surface area contributed by atoms with E-state index in [0.717, 1.165) is 17.1 Å². The number of hydrogen-bond acceptors (Lipinski definition) is 6. The fraction of sp³-hybridized carbons (Fsp3) is 0.227. The van der Waals surface area contributed by atoms with Crippen LogP contribution in [0.4, 0.5) is 5.69 Å². The Bertz CT molecular complexity index is 1100. The summed E-state index contributed by atoms with van der Waals surface area (Å²) in [6.45, 7) is 3.54. The molecule has 0 saturated heterocycles. The summed E-state index contributed by atoms with van der Waals surface area (Å²) < 4.78 is 17.8. The minimum atomic E-state index is -0.645. The van der Waals surface area contributed by atoms with Crippen molar-refractivity contribution < 1.29 is 23.8 Å². The summed E-state index contributed by atoms with van der Waals surface area (Å²) in [7, 11) is 2.84. The Balaban J connectivity index is 1.87. The molecule has 9 heteroatoms. The van der Waals surface area contributed by atoms with Gasteiger partial charge in [-0.2, -0.15) is 5.10 Å². The topological polar surface area (TPSA) is 118 Å². The van der Waals surface area contributed by atoms with Crippen LogP contribution in [0.3, 0.4) is 0 Å². The highest BCUT2D eigenvalue weighted by Gasteiger charge is 2.19. The second-order valence-corrected chi connectivity index (χ2v) is 6.81. The molecule has 0 fully saturated rings. The van der Waals surface area contributed by atoms with Gasteiger partial charge in [-0.1, -0.05) is 6.07 Å². The van der Waals surface area contributed by atoms with Crippen LogP contribution in [0, 0.1) is 13.8 Å². The third-order valence-electron chi connectivity index (χ3n) is 4.44. The molecule has 0 atom stereocenters. The number of amides is 2. The van der Waals surface area contributed by atoms with Crippen LogP contribution in [0.25, 0.3) is 5.69 Å². The Morgan fingerprint density at radius 3 is 2.29 bits per heavy atom. The quantitative estimate of drug-likeness (QED) is 0.574. The van der Waals surface area contributed by atoms with Gasteiger partial charge in [-0.15, -0.1) is 0 Å². The van der Waals surface area contributed by atoms with Gasteiger partial charge in [0.2, 0.25) is 5.75 Å². The van der Waals surface area contributed by atoms with Crippen molar-refractivity contribution in [3.05, 3.63) is 59.4 Å². The molecule has 3 N–H and O–H groups in total. The van der Waals surface area contributed by atoms with Gasteiger partial charge in [-0.25, -0.2) is 4.68 Å². The first-order valence-corrected chi connectivity index (χ1v) is 9.44. The van der Waals surface area contributed by atoms with Gasteiger partial charge < -0.3 is 25.3 Å². The molecule has 2 aromatic carbocycles. The van der Waals surface area contributed by atoms with E-state index in [-0.39, 0.29) is 35.3 Å². The van der Waals surface area contributed by atoms with Crippen LogP contribution in [-0.4, -0.2) is 42.4 Å². The molecule has 0 aliphatic rings. The molecule has 31 heavy (non-hydrogen) atoms. The summed E-state index contributed by atoms with van der Waals surface area (Å²) in [6.07, 6.45) is 0. The van der Waals surface area contributed by atoms with Crippen LogP contribution in [0.5, 0.6) is 17.2 Å². The van der Waals surface area contributed by atoms with Gasteiger partial charge in [-0.05, 0) is 50.2 Å². The zero-order chi connectivity index (χ0) is 22.5. The van der Waals surface area contributed by atoms with E-state index in [1.807, 2.05) is 42.8 Å². The lowest BCUT2D eigenvalue weighted by Crippen LogP contribution is -2.20. The van der Waals surface area contributed by atoms with E-state index in [1.54, 1.807) is 6.07 Å². The van der Waals surface area contributed by atoms with Crippen molar-refractivity contribution in [1.82, 2.24) is 9.78 Å². The van der Waals surface area contributed by atoms with Gasteiger partial charge in [-0.3, -0.25) is 9.59 Å². The van der Waals surface area contributed by atoms with Crippen molar-refractivity contribution in [2.75, 3.05) is 26.1 Å². The molecule has 0 aliphatic carbocycles. The number of nitrogens with one attached hydrogen (secondary N) is 1. The van der Waals surface area contributed by atoms with Gasteiger partial charge in [0.25, 0.3) is 11.8 Å². The molecule has 0 unspecified atom stereocenters. The number of anilines is 1. The third kappa shape index (κ3) is 4.95. The van der Waals surface area contributed by atoms with Crippen LogP contribution in [0.15, 0.2) is 42.5 Å². The lowest BCUT2D eigenvalue weighted by molar-refractivity contribution is -0.120. The van der Waals surface area contributed by atoms with Crippen LogP contribution >= 0.6 is 0 Å². The van der Waals surface area contributed by atoms with Crippen molar-refractivity contribution in [2.45, 2.75) is 13.8 Å². The normalized spacial score (nSPS) is 10.5. The molecular weight excluding hydrogens is 400 g/mol. The Morgan fingerprint density at radius 2 is 1.74 bits per heavy atom. The summed E-state index contributed by atoms with van der Waals surface area (Å²) in [5, 5.41) is 7.33. The van der Waals surface area contributed by atoms with Gasteiger partial charge in [0.15, 0.2) is 18.1 Å². The number of benzene rings is 2. The van der Waals surface area contributed by atoms with E-state index >= 15 is 0 Å². The lowest BCUT2D eigenvalue weighted by atomic mass is 10.1. The number of nitrogens with two attached hydrogens (primary N) is 1. The maximum atomic E-state index is 12.9. The average Bonchev–Trinajstić information content (AvgIpc) is 3.09. The lowest BCUT2D eigenvalue weighted by Gasteiger charge is -2.15. The number of methoxy groups -OCH3 is 2. The average molecular weight is 424 g/mol. The molecule has 3 rings (SSSR count). The highest BCUT2D eigenvalue weighted by atomic mass is 16.5. The molecule has 0 spiro atoms. The molecule has 3 aromatic rings. The largest absolute Gasteiger partial charge is 0.493 e. The van der Waals surface area contributed by atoms with Crippen LogP contribution in [0.1, 0.15) is 21.7 Å². The van der Waals surface area contributed by atoms with E-state index in [9.17, 15) is 9.59 Å². The molecule has 0 radical (unpaired) electrons. The molecule has 0 saturated carbocycles. The predicted octanol–water partition coefficient (Wildman–Crippen LogP) is 2.62. The summed E-state index contributed by atoms with van der Waals surface area (Å²) in [4.78, 5) is 23.9. The van der Waals surface area contributed by atoms with Gasteiger partial charge in [0, 0.05) is 16.9 Å². The highest BCUT2D eigenvalue weighted by Crippen LogP contribution is 2.38. The van der Waals surface area contributed by atoms with Crippen molar-refractivity contribution in [3.8, 4) is 22.9 Å². The number of rotatable bonds is 8. The van der Waals surface area contributed by atoms with E-state index in [4.69, 9.17) is 19.9 Å².